The molecule has 2 aliphatic heterocycles. The van der Waals surface area contributed by atoms with Crippen LogP contribution in [0.25, 0.3) is 11.3 Å². The molecule has 2 unspecified atom stereocenters. The van der Waals surface area contributed by atoms with Crippen LogP contribution in [0.4, 0.5) is 0 Å². The monoisotopic (exact) mass is 406 g/mol. The third-order valence-electron chi connectivity index (χ3n) is 6.94. The van der Waals surface area contributed by atoms with Gasteiger partial charge in [0.05, 0.1) is 17.7 Å². The predicted octanol–water partition coefficient (Wildman–Crippen LogP) is 3.25. The minimum Gasteiger partial charge on any atom is -0.349 e. The topological polar surface area (TPSA) is 67.2 Å². The fourth-order valence-corrected chi connectivity index (χ4v) is 5.24. The number of imidazole rings is 1. The van der Waals surface area contributed by atoms with Gasteiger partial charge in [0.25, 0.3) is 0 Å². The molecule has 1 aromatic carbocycles. The van der Waals surface area contributed by atoms with Crippen molar-refractivity contribution in [2.45, 2.75) is 64.5 Å². The predicted molar refractivity (Wildman–Crippen MR) is 115 cm³/mol. The summed E-state index contributed by atoms with van der Waals surface area (Å²) in [6, 6.07) is 6.64. The van der Waals surface area contributed by atoms with Gasteiger partial charge in [-0.05, 0) is 49.3 Å². The summed E-state index contributed by atoms with van der Waals surface area (Å²) in [7, 11) is 0. The quantitative estimate of drug-likeness (QED) is 0.848. The number of carbonyl (C=O) groups is 2. The molecule has 5 rings (SSSR count). The summed E-state index contributed by atoms with van der Waals surface area (Å²) < 4.78 is 2.26. The minimum absolute atomic E-state index is 0.0548. The zero-order chi connectivity index (χ0) is 20.7. The lowest BCUT2D eigenvalue weighted by atomic mass is 9.96. The second kappa shape index (κ2) is 7.89. The van der Waals surface area contributed by atoms with E-state index in [1.54, 1.807) is 0 Å². The third-order valence-corrected chi connectivity index (χ3v) is 6.94. The highest BCUT2D eigenvalue weighted by Crippen LogP contribution is 2.35. The molecule has 0 bridgehead atoms. The molecule has 30 heavy (non-hydrogen) atoms. The molecule has 3 heterocycles. The average molecular weight is 407 g/mol. The highest BCUT2D eigenvalue weighted by Gasteiger charge is 2.31. The Morgan fingerprint density at radius 3 is 2.90 bits per heavy atom. The molecule has 2 amide bonds. The third kappa shape index (κ3) is 3.53. The average Bonchev–Trinajstić information content (AvgIpc) is 3.48. The molecule has 6 nitrogen and oxygen atoms in total. The number of rotatable bonds is 4. The molecular weight excluding hydrogens is 376 g/mol. The van der Waals surface area contributed by atoms with Gasteiger partial charge in [-0.3, -0.25) is 9.59 Å². The second-order valence-corrected chi connectivity index (χ2v) is 8.89. The molecular formula is C24H30N4O2. The van der Waals surface area contributed by atoms with Crippen LogP contribution in [0, 0.1) is 5.92 Å². The van der Waals surface area contributed by atoms with E-state index in [-0.39, 0.29) is 23.8 Å². The van der Waals surface area contributed by atoms with Gasteiger partial charge in [0, 0.05) is 44.2 Å². The van der Waals surface area contributed by atoms with Gasteiger partial charge in [0.2, 0.25) is 11.8 Å². The fourth-order valence-electron chi connectivity index (χ4n) is 5.24. The van der Waals surface area contributed by atoms with E-state index in [4.69, 9.17) is 4.98 Å². The van der Waals surface area contributed by atoms with Crippen molar-refractivity contribution in [3.63, 3.8) is 0 Å². The summed E-state index contributed by atoms with van der Waals surface area (Å²) >= 11 is 0. The number of likely N-dealkylation sites (tertiary alicyclic amines) is 1. The van der Waals surface area contributed by atoms with Crippen LogP contribution in [0.5, 0.6) is 0 Å². The number of aromatic nitrogens is 2. The van der Waals surface area contributed by atoms with Crippen molar-refractivity contribution in [1.82, 2.24) is 19.8 Å². The first-order valence-electron chi connectivity index (χ1n) is 11.4. The molecule has 3 aliphatic rings. The van der Waals surface area contributed by atoms with Crippen LogP contribution in [0.2, 0.25) is 0 Å². The molecule has 2 aromatic rings. The number of aryl methyl sites for hydroxylation is 3. The van der Waals surface area contributed by atoms with Crippen LogP contribution in [-0.2, 0) is 29.0 Å². The molecule has 158 valence electrons. The smallest absolute Gasteiger partial charge is 0.225 e. The molecule has 6 heteroatoms. The Morgan fingerprint density at radius 1 is 1.17 bits per heavy atom. The zero-order valence-corrected chi connectivity index (χ0v) is 17.7. The summed E-state index contributed by atoms with van der Waals surface area (Å²) in [5.74, 6) is 1.32. The van der Waals surface area contributed by atoms with Gasteiger partial charge in [0.15, 0.2) is 0 Å². The van der Waals surface area contributed by atoms with Crippen molar-refractivity contribution in [1.29, 1.82) is 0 Å². The Morgan fingerprint density at radius 2 is 2.07 bits per heavy atom. The normalized spacial score (nSPS) is 22.6. The van der Waals surface area contributed by atoms with Gasteiger partial charge in [-0.2, -0.15) is 0 Å². The molecule has 0 saturated carbocycles. The number of nitrogens with one attached hydrogen (secondary N) is 1. The number of amides is 2. The molecule has 1 aliphatic carbocycles. The number of nitrogens with zero attached hydrogens (tertiary/aromatic N) is 3. The number of carbonyl (C=O) groups excluding carboxylic acids is 2. The van der Waals surface area contributed by atoms with E-state index in [0.717, 1.165) is 56.5 Å². The summed E-state index contributed by atoms with van der Waals surface area (Å²) in [5.41, 5.74) is 4.72. The van der Waals surface area contributed by atoms with E-state index >= 15 is 0 Å². The molecule has 0 radical (unpaired) electrons. The second-order valence-electron chi connectivity index (χ2n) is 8.89. The van der Waals surface area contributed by atoms with Crippen LogP contribution in [0.15, 0.2) is 24.4 Å². The van der Waals surface area contributed by atoms with E-state index in [1.807, 2.05) is 11.8 Å². The maximum absolute atomic E-state index is 13.0. The van der Waals surface area contributed by atoms with Gasteiger partial charge in [-0.15, -0.1) is 0 Å². The van der Waals surface area contributed by atoms with Gasteiger partial charge in [-0.1, -0.05) is 19.1 Å². The number of fused-ring (bicyclic) bond motifs is 2. The summed E-state index contributed by atoms with van der Waals surface area (Å²) in [6.45, 7) is 4.28. The molecule has 1 saturated heterocycles. The lowest BCUT2D eigenvalue weighted by molar-refractivity contribution is -0.135. The van der Waals surface area contributed by atoms with Crippen LogP contribution in [0.3, 0.4) is 0 Å². The Kier molecular flexibility index (Phi) is 5.09. The van der Waals surface area contributed by atoms with E-state index in [0.29, 0.717) is 13.0 Å². The van der Waals surface area contributed by atoms with Crippen molar-refractivity contribution in [3.05, 3.63) is 41.3 Å². The molecule has 0 spiro atoms. The van der Waals surface area contributed by atoms with Crippen molar-refractivity contribution in [3.8, 4) is 11.3 Å². The van der Waals surface area contributed by atoms with Gasteiger partial charge in [0.1, 0.15) is 5.82 Å². The Labute approximate surface area is 177 Å². The number of benzene rings is 1. The first-order valence-corrected chi connectivity index (χ1v) is 11.4. The molecule has 1 fully saturated rings. The SMILES string of the molecule is CCC(=O)N1CCCC(C(=O)NC2CCc3ccc(-c4cn5c(n4)CCC5)cc32)C1. The van der Waals surface area contributed by atoms with E-state index in [2.05, 4.69) is 34.3 Å². The van der Waals surface area contributed by atoms with E-state index in [9.17, 15) is 9.59 Å². The maximum atomic E-state index is 13.0. The number of piperidine rings is 1. The first kappa shape index (κ1) is 19.3. The Bertz CT molecular complexity index is 958. The van der Waals surface area contributed by atoms with Crippen molar-refractivity contribution in [2.24, 2.45) is 5.92 Å². The van der Waals surface area contributed by atoms with Gasteiger partial charge >= 0.3 is 0 Å². The zero-order valence-electron chi connectivity index (χ0n) is 17.7. The fraction of sp³-hybridized carbons (Fsp3) is 0.542. The van der Waals surface area contributed by atoms with Gasteiger partial charge in [-0.25, -0.2) is 4.98 Å². The van der Waals surface area contributed by atoms with E-state index in [1.165, 1.54) is 23.4 Å². The van der Waals surface area contributed by atoms with Crippen molar-refractivity contribution in [2.75, 3.05) is 13.1 Å². The summed E-state index contributed by atoms with van der Waals surface area (Å²) in [6.07, 6.45) is 8.60. The Hall–Kier alpha value is -2.63. The van der Waals surface area contributed by atoms with Crippen molar-refractivity contribution < 1.29 is 9.59 Å². The molecule has 1 aromatic heterocycles. The van der Waals surface area contributed by atoms with Gasteiger partial charge < -0.3 is 14.8 Å². The standard InChI is InChI=1S/C24H30N4O2/c1-2-23(29)28-12-3-5-18(14-28)24(30)26-20-10-9-16-7-8-17(13-19(16)20)21-15-27-11-4-6-22(27)25-21/h7-8,13,15,18,20H,2-6,9-12,14H2,1H3,(H,26,30). The van der Waals surface area contributed by atoms with Crippen LogP contribution < -0.4 is 5.32 Å². The number of hydrogen-bond donors (Lipinski definition) is 1. The summed E-state index contributed by atoms with van der Waals surface area (Å²) in [4.78, 5) is 31.7. The lowest BCUT2D eigenvalue weighted by Crippen LogP contribution is -2.45. The van der Waals surface area contributed by atoms with Crippen LogP contribution in [-0.4, -0.2) is 39.4 Å². The van der Waals surface area contributed by atoms with E-state index < -0.39 is 0 Å². The minimum atomic E-state index is -0.0994. The largest absolute Gasteiger partial charge is 0.349 e. The Balaban J connectivity index is 1.30. The highest BCUT2D eigenvalue weighted by atomic mass is 16.2. The highest BCUT2D eigenvalue weighted by molar-refractivity contribution is 5.82. The molecule has 2 atom stereocenters. The maximum Gasteiger partial charge on any atom is 0.225 e. The number of hydrogen-bond acceptors (Lipinski definition) is 3. The first-order chi connectivity index (χ1) is 14.6. The van der Waals surface area contributed by atoms with Crippen LogP contribution in [0.1, 0.15) is 62.0 Å². The summed E-state index contributed by atoms with van der Waals surface area (Å²) in [5, 5.41) is 3.30. The lowest BCUT2D eigenvalue weighted by Gasteiger charge is -2.32. The van der Waals surface area contributed by atoms with Crippen LogP contribution >= 0.6 is 0 Å². The van der Waals surface area contributed by atoms with Crippen molar-refractivity contribution >= 4 is 11.8 Å². The molecule has 1 N–H and O–H groups in total.